The maximum Gasteiger partial charge on any atom is 0.311 e. The number of nitrogens with two attached hydrogens (primary N) is 1. The number of nitrogens with one attached hydrogen (secondary N) is 2. The van der Waals surface area contributed by atoms with Crippen LogP contribution in [0.4, 0.5) is 5.95 Å². The zero-order chi connectivity index (χ0) is 13.9. The molecule has 0 unspecified atom stereocenters. The van der Waals surface area contributed by atoms with Gasteiger partial charge in [-0.25, -0.2) is 0 Å². The number of hydrogen-bond acceptors (Lipinski definition) is 5. The molecule has 0 spiro atoms. The molecule has 1 amide bonds. The Morgan fingerprint density at radius 1 is 1.37 bits per heavy atom. The predicted octanol–water partition coefficient (Wildman–Crippen LogP) is 0.152. The number of amides is 1. The molecule has 0 saturated heterocycles. The summed E-state index contributed by atoms with van der Waals surface area (Å²) in [5.41, 5.74) is 4.44. The molecule has 104 valence electrons. The molecule has 1 aromatic rings. The second-order valence-corrected chi connectivity index (χ2v) is 4.87. The van der Waals surface area contributed by atoms with Crippen molar-refractivity contribution < 1.29 is 14.7 Å². The fourth-order valence-electron chi connectivity index (χ4n) is 2.40. The van der Waals surface area contributed by atoms with E-state index in [1.165, 1.54) is 0 Å². The number of anilines is 1. The lowest BCUT2D eigenvalue weighted by molar-refractivity contribution is -0.150. The Balaban J connectivity index is 1.99. The summed E-state index contributed by atoms with van der Waals surface area (Å²) in [4.78, 5) is 26.9. The number of carbonyl (C=O) groups is 2. The molecule has 1 aliphatic rings. The van der Waals surface area contributed by atoms with Crippen molar-refractivity contribution >= 4 is 17.8 Å². The van der Waals surface area contributed by atoms with Crippen molar-refractivity contribution in [2.75, 3.05) is 12.3 Å². The summed E-state index contributed by atoms with van der Waals surface area (Å²) in [6.07, 6.45) is 3.96. The highest BCUT2D eigenvalue weighted by Gasteiger charge is 2.39. The van der Waals surface area contributed by atoms with Gasteiger partial charge in [0.15, 0.2) is 0 Å². The van der Waals surface area contributed by atoms with Gasteiger partial charge in [0.1, 0.15) is 0 Å². The third-order valence-electron chi connectivity index (χ3n) is 3.57. The average molecular weight is 267 g/mol. The van der Waals surface area contributed by atoms with Crippen molar-refractivity contribution in [3.05, 3.63) is 5.82 Å². The van der Waals surface area contributed by atoms with Crippen molar-refractivity contribution in [1.29, 1.82) is 0 Å². The van der Waals surface area contributed by atoms with Gasteiger partial charge in [-0.15, -0.1) is 5.10 Å². The van der Waals surface area contributed by atoms with E-state index in [1.807, 2.05) is 0 Å². The van der Waals surface area contributed by atoms with Crippen LogP contribution in [0.15, 0.2) is 0 Å². The zero-order valence-corrected chi connectivity index (χ0v) is 10.5. The quantitative estimate of drug-likeness (QED) is 0.613. The van der Waals surface area contributed by atoms with Crippen molar-refractivity contribution in [2.24, 2.45) is 5.41 Å². The van der Waals surface area contributed by atoms with E-state index in [9.17, 15) is 14.7 Å². The molecule has 1 aromatic heterocycles. The normalized spacial score (nSPS) is 17.9. The van der Waals surface area contributed by atoms with Crippen molar-refractivity contribution in [1.82, 2.24) is 20.5 Å². The highest BCUT2D eigenvalue weighted by atomic mass is 16.4. The van der Waals surface area contributed by atoms with Crippen LogP contribution in [0.1, 0.15) is 42.7 Å². The van der Waals surface area contributed by atoms with Gasteiger partial charge >= 0.3 is 5.97 Å². The van der Waals surface area contributed by atoms with Crippen LogP contribution in [0.3, 0.4) is 0 Å². The molecule has 0 bridgehead atoms. The summed E-state index contributed by atoms with van der Waals surface area (Å²) in [6, 6.07) is 0. The smallest absolute Gasteiger partial charge is 0.311 e. The molecule has 0 aliphatic heterocycles. The molecule has 0 atom stereocenters. The van der Waals surface area contributed by atoms with Crippen LogP contribution < -0.4 is 11.1 Å². The van der Waals surface area contributed by atoms with Crippen LogP contribution in [-0.4, -0.2) is 38.7 Å². The van der Waals surface area contributed by atoms with E-state index in [2.05, 4.69) is 20.5 Å². The van der Waals surface area contributed by atoms with E-state index in [-0.39, 0.29) is 18.3 Å². The first-order chi connectivity index (χ1) is 9.03. The van der Waals surface area contributed by atoms with Gasteiger partial charge in [0, 0.05) is 6.54 Å². The summed E-state index contributed by atoms with van der Waals surface area (Å²) >= 11 is 0. The third-order valence-corrected chi connectivity index (χ3v) is 3.57. The minimum Gasteiger partial charge on any atom is -0.481 e. The Hall–Kier alpha value is -2.12. The van der Waals surface area contributed by atoms with Gasteiger partial charge in [-0.3, -0.25) is 14.7 Å². The highest BCUT2D eigenvalue weighted by Crippen LogP contribution is 2.36. The van der Waals surface area contributed by atoms with Crippen LogP contribution in [0.5, 0.6) is 0 Å². The summed E-state index contributed by atoms with van der Waals surface area (Å²) < 4.78 is 0. The average Bonchev–Trinajstić information content (AvgIpc) is 2.83. The zero-order valence-electron chi connectivity index (χ0n) is 10.5. The first-order valence-corrected chi connectivity index (χ1v) is 6.23. The van der Waals surface area contributed by atoms with E-state index >= 15 is 0 Å². The molecule has 0 radical (unpaired) electrons. The van der Waals surface area contributed by atoms with E-state index < -0.39 is 17.3 Å². The Labute approximate surface area is 109 Å². The number of carbonyl (C=O) groups excluding carboxylic acids is 1. The monoisotopic (exact) mass is 267 g/mol. The molecule has 5 N–H and O–H groups in total. The standard InChI is InChI=1S/C11H17N5O3/c12-10-14-7(15-16-10)8(17)13-6-11(9(18)19)4-2-1-3-5-11/h1-6H2,(H,13,17)(H,18,19)(H3,12,14,15,16). The molecule has 19 heavy (non-hydrogen) atoms. The van der Waals surface area contributed by atoms with Crippen LogP contribution in [0, 0.1) is 5.41 Å². The minimum atomic E-state index is -0.862. The molecule has 1 heterocycles. The fraction of sp³-hybridized carbons (Fsp3) is 0.636. The van der Waals surface area contributed by atoms with Gasteiger partial charge < -0.3 is 16.2 Å². The second kappa shape index (κ2) is 5.25. The van der Waals surface area contributed by atoms with Gasteiger partial charge in [0.25, 0.3) is 5.91 Å². The number of nitrogens with zero attached hydrogens (tertiary/aromatic N) is 2. The Kier molecular flexibility index (Phi) is 3.68. The summed E-state index contributed by atoms with van der Waals surface area (Å²) in [7, 11) is 0. The lowest BCUT2D eigenvalue weighted by Crippen LogP contribution is -2.44. The van der Waals surface area contributed by atoms with Crippen LogP contribution >= 0.6 is 0 Å². The number of aromatic amines is 1. The molecule has 1 aliphatic carbocycles. The van der Waals surface area contributed by atoms with Crippen LogP contribution in [-0.2, 0) is 4.79 Å². The Morgan fingerprint density at radius 2 is 2.05 bits per heavy atom. The lowest BCUT2D eigenvalue weighted by Gasteiger charge is -2.33. The molecular weight excluding hydrogens is 250 g/mol. The molecule has 0 aromatic carbocycles. The number of carboxylic acids is 1. The highest BCUT2D eigenvalue weighted by molar-refractivity contribution is 5.91. The van der Waals surface area contributed by atoms with Crippen molar-refractivity contribution in [2.45, 2.75) is 32.1 Å². The maximum absolute atomic E-state index is 11.8. The van der Waals surface area contributed by atoms with Crippen LogP contribution in [0.2, 0.25) is 0 Å². The third kappa shape index (κ3) is 2.83. The van der Waals surface area contributed by atoms with E-state index in [0.29, 0.717) is 12.8 Å². The molecule has 1 saturated carbocycles. The van der Waals surface area contributed by atoms with Gasteiger partial charge in [-0.05, 0) is 12.8 Å². The number of rotatable bonds is 4. The van der Waals surface area contributed by atoms with Crippen molar-refractivity contribution in [3.8, 4) is 0 Å². The maximum atomic E-state index is 11.8. The van der Waals surface area contributed by atoms with Gasteiger partial charge in [-0.1, -0.05) is 19.3 Å². The molecule has 8 heteroatoms. The SMILES string of the molecule is Nc1n[nH]c(C(=O)NCC2(C(=O)O)CCCCC2)n1. The Morgan fingerprint density at radius 3 is 2.58 bits per heavy atom. The number of carboxylic acid groups (broad SMARTS) is 1. The lowest BCUT2D eigenvalue weighted by atomic mass is 9.74. The summed E-state index contributed by atoms with van der Waals surface area (Å²) in [6.45, 7) is 0.0990. The van der Waals surface area contributed by atoms with Crippen LogP contribution in [0.25, 0.3) is 0 Å². The van der Waals surface area contributed by atoms with Crippen molar-refractivity contribution in [3.63, 3.8) is 0 Å². The molecule has 2 rings (SSSR count). The Bertz CT molecular complexity index is 478. The van der Waals surface area contributed by atoms with Gasteiger partial charge in [-0.2, -0.15) is 4.98 Å². The fourth-order valence-corrected chi connectivity index (χ4v) is 2.40. The second-order valence-electron chi connectivity index (χ2n) is 4.87. The molecule has 8 nitrogen and oxygen atoms in total. The number of nitrogen functional groups attached to an aromatic ring is 1. The van der Waals surface area contributed by atoms with E-state index in [0.717, 1.165) is 19.3 Å². The first-order valence-electron chi connectivity index (χ1n) is 6.23. The predicted molar refractivity (Wildman–Crippen MR) is 66.3 cm³/mol. The topological polar surface area (TPSA) is 134 Å². The van der Waals surface area contributed by atoms with E-state index in [1.54, 1.807) is 0 Å². The number of aromatic nitrogens is 3. The first kappa shape index (κ1) is 13.3. The number of hydrogen-bond donors (Lipinski definition) is 4. The summed E-state index contributed by atoms with van der Waals surface area (Å²) in [5.74, 6) is -1.37. The van der Waals surface area contributed by atoms with E-state index in [4.69, 9.17) is 5.73 Å². The number of aliphatic carboxylic acids is 1. The molecule has 1 fully saturated rings. The van der Waals surface area contributed by atoms with Gasteiger partial charge in [0.05, 0.1) is 5.41 Å². The van der Waals surface area contributed by atoms with Gasteiger partial charge in [0.2, 0.25) is 11.8 Å². The number of H-pyrrole nitrogens is 1. The largest absolute Gasteiger partial charge is 0.481 e. The minimum absolute atomic E-state index is 0.00570. The summed E-state index contributed by atoms with van der Waals surface area (Å²) in [5, 5.41) is 17.9. The molecular formula is C11H17N5O3.